The molecule has 0 saturated heterocycles. The van der Waals surface area contributed by atoms with Gasteiger partial charge >= 0.3 is 0 Å². The molecule has 0 heterocycles. The maximum Gasteiger partial charge on any atom is 0.118 e. The lowest BCUT2D eigenvalue weighted by Gasteiger charge is -2.05. The van der Waals surface area contributed by atoms with Crippen molar-refractivity contribution in [2.75, 3.05) is 13.7 Å². The third kappa shape index (κ3) is 8.19. The number of hydrogen-bond acceptors (Lipinski definition) is 3. The molecule has 114 valence electrons. The van der Waals surface area contributed by atoms with Crippen molar-refractivity contribution < 1.29 is 14.6 Å². The van der Waals surface area contributed by atoms with Crippen molar-refractivity contribution in [1.29, 1.82) is 0 Å². The third-order valence-electron chi connectivity index (χ3n) is 2.85. The second kappa shape index (κ2) is 10.0. The highest BCUT2D eigenvalue weighted by atomic mass is 16.5. The molecule has 0 radical (unpaired) electrons. The average molecular weight is 288 g/mol. The molecule has 0 fully saturated rings. The second-order valence-corrected chi connectivity index (χ2v) is 5.02. The molecule has 1 N–H and O–H groups in total. The zero-order valence-corrected chi connectivity index (χ0v) is 12.9. The number of benzene rings is 1. The van der Waals surface area contributed by atoms with Gasteiger partial charge in [0.05, 0.1) is 26.4 Å². The van der Waals surface area contributed by atoms with Gasteiger partial charge < -0.3 is 14.6 Å². The van der Waals surface area contributed by atoms with Gasteiger partial charge in [0, 0.05) is 12.8 Å². The van der Waals surface area contributed by atoms with Crippen LogP contribution in [0.1, 0.15) is 31.7 Å². The molecule has 0 aromatic heterocycles. The lowest BCUT2D eigenvalue weighted by Crippen LogP contribution is -2.04. The van der Waals surface area contributed by atoms with Crippen LogP contribution in [0.5, 0.6) is 5.75 Å². The Bertz CT molecular complexity index is 479. The molecule has 0 aliphatic heterocycles. The van der Waals surface area contributed by atoms with Crippen LogP contribution in [0, 0.1) is 11.8 Å². The maximum atomic E-state index is 9.61. The van der Waals surface area contributed by atoms with Crippen molar-refractivity contribution in [2.45, 2.75) is 38.9 Å². The van der Waals surface area contributed by atoms with Gasteiger partial charge in [-0.1, -0.05) is 17.7 Å². The molecule has 1 aromatic rings. The summed E-state index contributed by atoms with van der Waals surface area (Å²) in [6.45, 7) is 6.84. The molecule has 1 atom stereocenters. The van der Waals surface area contributed by atoms with Crippen molar-refractivity contribution in [3.8, 4) is 17.6 Å². The number of rotatable bonds is 8. The molecule has 0 aliphatic carbocycles. The van der Waals surface area contributed by atoms with Crippen LogP contribution in [-0.2, 0) is 11.3 Å². The summed E-state index contributed by atoms with van der Waals surface area (Å²) >= 11 is 0. The van der Waals surface area contributed by atoms with E-state index >= 15 is 0 Å². The van der Waals surface area contributed by atoms with Gasteiger partial charge in [0.1, 0.15) is 5.75 Å². The fourth-order valence-corrected chi connectivity index (χ4v) is 1.79. The highest BCUT2D eigenvalue weighted by Gasteiger charge is 2.00. The summed E-state index contributed by atoms with van der Waals surface area (Å²) in [5, 5.41) is 9.61. The molecule has 3 heteroatoms. The minimum Gasteiger partial charge on any atom is -0.497 e. The first-order chi connectivity index (χ1) is 10.1. The van der Waals surface area contributed by atoms with E-state index in [1.807, 2.05) is 31.2 Å². The van der Waals surface area contributed by atoms with E-state index in [0.29, 0.717) is 32.5 Å². The highest BCUT2D eigenvalue weighted by molar-refractivity contribution is 5.26. The number of hydrogen-bond donors (Lipinski definition) is 1. The Hall–Kier alpha value is -1.76. The van der Waals surface area contributed by atoms with E-state index in [2.05, 4.69) is 18.4 Å². The highest BCUT2D eigenvalue weighted by Crippen LogP contribution is 2.11. The standard InChI is InChI=1S/C18H24O3/c1-15(2)13-17(19)7-5-4-6-12-21-14-16-8-10-18(20-3)11-9-16/h8-11,17,19H,1,6-7,12-14H2,2-3H3. The van der Waals surface area contributed by atoms with Crippen molar-refractivity contribution in [2.24, 2.45) is 0 Å². The minimum atomic E-state index is -0.407. The Kier molecular flexibility index (Phi) is 8.27. The Morgan fingerprint density at radius 2 is 2.00 bits per heavy atom. The van der Waals surface area contributed by atoms with Gasteiger partial charge in [0.15, 0.2) is 0 Å². The van der Waals surface area contributed by atoms with E-state index in [-0.39, 0.29) is 0 Å². The first-order valence-electron chi connectivity index (χ1n) is 7.10. The summed E-state index contributed by atoms with van der Waals surface area (Å²) < 4.78 is 10.6. The number of aliphatic hydroxyl groups is 1. The maximum absolute atomic E-state index is 9.61. The first-order valence-corrected chi connectivity index (χ1v) is 7.10. The lowest BCUT2D eigenvalue weighted by molar-refractivity contribution is 0.126. The molecule has 0 bridgehead atoms. The van der Waals surface area contributed by atoms with E-state index in [0.717, 1.165) is 16.9 Å². The van der Waals surface area contributed by atoms with Gasteiger partial charge in [-0.2, -0.15) is 0 Å². The number of aliphatic hydroxyl groups excluding tert-OH is 1. The fraction of sp³-hybridized carbons (Fsp3) is 0.444. The fourth-order valence-electron chi connectivity index (χ4n) is 1.79. The Labute approximate surface area is 127 Å². The van der Waals surface area contributed by atoms with Crippen LogP contribution >= 0.6 is 0 Å². The summed E-state index contributed by atoms with van der Waals surface area (Å²) in [6.07, 6.45) is 1.37. The second-order valence-electron chi connectivity index (χ2n) is 5.02. The lowest BCUT2D eigenvalue weighted by atomic mass is 10.1. The van der Waals surface area contributed by atoms with E-state index in [1.54, 1.807) is 7.11 Å². The average Bonchev–Trinajstić information content (AvgIpc) is 2.46. The molecule has 0 aliphatic rings. The molecule has 21 heavy (non-hydrogen) atoms. The summed E-state index contributed by atoms with van der Waals surface area (Å²) in [6, 6.07) is 7.81. The van der Waals surface area contributed by atoms with E-state index in [1.165, 1.54) is 0 Å². The van der Waals surface area contributed by atoms with Crippen molar-refractivity contribution >= 4 is 0 Å². The smallest absolute Gasteiger partial charge is 0.118 e. The Morgan fingerprint density at radius 3 is 2.62 bits per heavy atom. The van der Waals surface area contributed by atoms with Gasteiger partial charge in [-0.15, -0.1) is 18.4 Å². The number of ether oxygens (including phenoxy) is 2. The number of methoxy groups -OCH3 is 1. The van der Waals surface area contributed by atoms with E-state index < -0.39 is 6.10 Å². The Balaban J connectivity index is 2.12. The molecule has 1 unspecified atom stereocenters. The van der Waals surface area contributed by atoms with Crippen molar-refractivity contribution in [3.05, 3.63) is 42.0 Å². The summed E-state index contributed by atoms with van der Waals surface area (Å²) in [4.78, 5) is 0. The van der Waals surface area contributed by atoms with Crippen LogP contribution in [0.3, 0.4) is 0 Å². The van der Waals surface area contributed by atoms with Gasteiger partial charge in [0.2, 0.25) is 0 Å². The molecule has 0 saturated carbocycles. The predicted molar refractivity (Wildman–Crippen MR) is 85.1 cm³/mol. The van der Waals surface area contributed by atoms with Crippen LogP contribution in [0.25, 0.3) is 0 Å². The molecular formula is C18H24O3. The van der Waals surface area contributed by atoms with Crippen molar-refractivity contribution in [3.63, 3.8) is 0 Å². The van der Waals surface area contributed by atoms with Crippen LogP contribution in [-0.4, -0.2) is 24.9 Å². The largest absolute Gasteiger partial charge is 0.497 e. The quantitative estimate of drug-likeness (QED) is 0.453. The normalized spacial score (nSPS) is 11.4. The molecule has 1 aromatic carbocycles. The van der Waals surface area contributed by atoms with Gasteiger partial charge in [0.25, 0.3) is 0 Å². The zero-order valence-electron chi connectivity index (χ0n) is 12.9. The van der Waals surface area contributed by atoms with Crippen LogP contribution in [0.2, 0.25) is 0 Å². The van der Waals surface area contributed by atoms with Gasteiger partial charge in [-0.05, 0) is 31.0 Å². The van der Waals surface area contributed by atoms with Crippen LogP contribution in [0.4, 0.5) is 0 Å². The zero-order chi connectivity index (χ0) is 15.5. The first kappa shape index (κ1) is 17.3. The summed E-state index contributed by atoms with van der Waals surface area (Å²) in [5.74, 6) is 6.82. The monoisotopic (exact) mass is 288 g/mol. The van der Waals surface area contributed by atoms with E-state index in [9.17, 15) is 5.11 Å². The summed E-state index contributed by atoms with van der Waals surface area (Å²) in [7, 11) is 1.65. The third-order valence-corrected chi connectivity index (χ3v) is 2.85. The molecule has 1 rings (SSSR count). The molecule has 0 spiro atoms. The van der Waals surface area contributed by atoms with E-state index in [4.69, 9.17) is 9.47 Å². The summed E-state index contributed by atoms with van der Waals surface area (Å²) in [5.41, 5.74) is 2.09. The SMILES string of the molecule is C=C(C)CC(O)CC#CCCOCc1ccc(OC)cc1. The molecular weight excluding hydrogens is 264 g/mol. The van der Waals surface area contributed by atoms with Gasteiger partial charge in [-0.3, -0.25) is 0 Å². The minimum absolute atomic E-state index is 0.407. The van der Waals surface area contributed by atoms with Crippen LogP contribution < -0.4 is 4.74 Å². The van der Waals surface area contributed by atoms with Crippen LogP contribution in [0.15, 0.2) is 36.4 Å². The predicted octanol–water partition coefficient (Wildman–Crippen LogP) is 3.32. The van der Waals surface area contributed by atoms with Crippen molar-refractivity contribution in [1.82, 2.24) is 0 Å². The topological polar surface area (TPSA) is 38.7 Å². The van der Waals surface area contributed by atoms with Gasteiger partial charge in [-0.25, -0.2) is 0 Å². The molecule has 3 nitrogen and oxygen atoms in total. The molecule has 0 amide bonds. The Morgan fingerprint density at radius 1 is 1.29 bits per heavy atom.